The number of ether oxygens (including phenoxy) is 1. The molecular weight excluding hydrogens is 524 g/mol. The molecule has 2 amide bonds. The number of non-ortho nitro benzene ring substituents is 1. The number of thioether (sulfide) groups is 1. The van der Waals surface area contributed by atoms with Crippen LogP contribution in [0.3, 0.4) is 0 Å². The largest absolute Gasteiger partial charge is 0.462 e. The van der Waals surface area contributed by atoms with E-state index in [1.54, 1.807) is 31.2 Å². The number of esters is 1. The van der Waals surface area contributed by atoms with Gasteiger partial charge in [0.25, 0.3) is 11.6 Å². The molecule has 1 heterocycles. The van der Waals surface area contributed by atoms with Crippen molar-refractivity contribution >= 4 is 40.9 Å². The maximum absolute atomic E-state index is 12.9. The number of nitrogens with one attached hydrogen (secondary N) is 2. The van der Waals surface area contributed by atoms with E-state index in [2.05, 4.69) is 20.8 Å². The number of anilines is 1. The number of rotatable bonds is 12. The number of benzene rings is 2. The van der Waals surface area contributed by atoms with Crippen molar-refractivity contribution in [1.82, 2.24) is 20.1 Å². The zero-order valence-corrected chi connectivity index (χ0v) is 22.9. The monoisotopic (exact) mass is 554 g/mol. The average Bonchev–Trinajstić information content (AvgIpc) is 3.33. The second-order valence-corrected chi connectivity index (χ2v) is 9.66. The standard InChI is InChI=1S/C26H30N6O6S/c1-5-31-23(22(16(3)4)28-24(34)18-8-7-9-20(14-18)32(36)37)29-30-26(31)39-15-21(33)27-19-12-10-17(11-13-19)25(35)38-6-2/h7-14,16,22H,5-6,15H2,1-4H3,(H,27,33)(H,28,34)/t22-/m1/s1. The third-order valence-corrected chi connectivity index (χ3v) is 6.59. The van der Waals surface area contributed by atoms with Gasteiger partial charge in [-0.15, -0.1) is 10.2 Å². The van der Waals surface area contributed by atoms with E-state index in [1.165, 1.54) is 36.0 Å². The van der Waals surface area contributed by atoms with Crippen LogP contribution in [-0.2, 0) is 16.1 Å². The number of amides is 2. The molecule has 0 spiro atoms. The van der Waals surface area contributed by atoms with Crippen LogP contribution in [0.15, 0.2) is 53.7 Å². The Balaban J connectivity index is 1.67. The Morgan fingerprint density at radius 2 is 1.79 bits per heavy atom. The van der Waals surface area contributed by atoms with Crippen LogP contribution in [0.4, 0.5) is 11.4 Å². The van der Waals surface area contributed by atoms with Crippen LogP contribution in [0.1, 0.15) is 60.3 Å². The molecule has 0 bridgehead atoms. The first-order valence-corrected chi connectivity index (χ1v) is 13.3. The summed E-state index contributed by atoms with van der Waals surface area (Å²) in [5, 5.41) is 25.8. The lowest BCUT2D eigenvalue weighted by atomic mass is 10.0. The fourth-order valence-electron chi connectivity index (χ4n) is 3.68. The number of carbonyl (C=O) groups excluding carboxylic acids is 3. The molecule has 0 aliphatic rings. The van der Waals surface area contributed by atoms with Gasteiger partial charge in [-0.3, -0.25) is 19.7 Å². The predicted octanol–water partition coefficient (Wildman–Crippen LogP) is 4.24. The third-order valence-electron chi connectivity index (χ3n) is 5.62. The highest BCUT2D eigenvalue weighted by Crippen LogP contribution is 2.26. The Bertz CT molecular complexity index is 1340. The molecular formula is C26H30N6O6S. The molecule has 0 aliphatic heterocycles. The summed E-state index contributed by atoms with van der Waals surface area (Å²) < 4.78 is 6.78. The first-order valence-electron chi connectivity index (χ1n) is 12.3. The Morgan fingerprint density at radius 1 is 1.08 bits per heavy atom. The Kier molecular flexibility index (Phi) is 10.1. The summed E-state index contributed by atoms with van der Waals surface area (Å²) in [4.78, 5) is 47.8. The van der Waals surface area contributed by atoms with Gasteiger partial charge >= 0.3 is 5.97 Å². The van der Waals surface area contributed by atoms with Crippen molar-refractivity contribution in [3.05, 3.63) is 75.6 Å². The Labute approximate surface area is 229 Å². The molecule has 13 heteroatoms. The highest BCUT2D eigenvalue weighted by molar-refractivity contribution is 7.99. The van der Waals surface area contributed by atoms with E-state index >= 15 is 0 Å². The van der Waals surface area contributed by atoms with Crippen molar-refractivity contribution in [2.75, 3.05) is 17.7 Å². The van der Waals surface area contributed by atoms with Crippen molar-refractivity contribution < 1.29 is 24.0 Å². The lowest BCUT2D eigenvalue weighted by Crippen LogP contribution is -2.33. The molecule has 0 saturated carbocycles. The minimum Gasteiger partial charge on any atom is -0.462 e. The van der Waals surface area contributed by atoms with Crippen LogP contribution in [0.25, 0.3) is 0 Å². The molecule has 1 aromatic heterocycles. The number of nitrogens with zero attached hydrogens (tertiary/aromatic N) is 4. The molecule has 3 rings (SSSR count). The highest BCUT2D eigenvalue weighted by atomic mass is 32.2. The van der Waals surface area contributed by atoms with Crippen LogP contribution < -0.4 is 10.6 Å². The Hall–Kier alpha value is -4.26. The topological polar surface area (TPSA) is 158 Å². The maximum atomic E-state index is 12.9. The summed E-state index contributed by atoms with van der Waals surface area (Å²) in [5.41, 5.74) is 0.923. The van der Waals surface area contributed by atoms with Crippen LogP contribution in [0, 0.1) is 16.0 Å². The average molecular weight is 555 g/mol. The smallest absolute Gasteiger partial charge is 0.338 e. The zero-order chi connectivity index (χ0) is 28.5. The van der Waals surface area contributed by atoms with Crippen LogP contribution in [-0.4, -0.2) is 49.8 Å². The molecule has 0 unspecified atom stereocenters. The SMILES string of the molecule is CCOC(=O)c1ccc(NC(=O)CSc2nnc([C@H](NC(=O)c3cccc([N+](=O)[O-])c3)C(C)C)n2CC)cc1. The highest BCUT2D eigenvalue weighted by Gasteiger charge is 2.26. The second-order valence-electron chi connectivity index (χ2n) is 8.72. The summed E-state index contributed by atoms with van der Waals surface area (Å²) in [6.45, 7) is 8.24. The molecule has 0 saturated heterocycles. The molecule has 2 N–H and O–H groups in total. The first-order chi connectivity index (χ1) is 18.6. The van der Waals surface area contributed by atoms with E-state index < -0.39 is 22.8 Å². The van der Waals surface area contributed by atoms with Gasteiger partial charge in [-0.25, -0.2) is 4.79 Å². The normalized spacial score (nSPS) is 11.6. The number of carbonyl (C=O) groups is 3. The number of hydrogen-bond acceptors (Lipinski definition) is 9. The van der Waals surface area contributed by atoms with Crippen LogP contribution in [0.5, 0.6) is 0 Å². The number of nitro groups is 1. The van der Waals surface area contributed by atoms with E-state index in [1.807, 2.05) is 25.3 Å². The first kappa shape index (κ1) is 29.3. The van der Waals surface area contributed by atoms with Crippen molar-refractivity contribution in [1.29, 1.82) is 0 Å². The molecule has 39 heavy (non-hydrogen) atoms. The van der Waals surface area contributed by atoms with Crippen LogP contribution >= 0.6 is 11.8 Å². The lowest BCUT2D eigenvalue weighted by Gasteiger charge is -2.22. The summed E-state index contributed by atoms with van der Waals surface area (Å²) >= 11 is 1.20. The number of nitro benzene ring substituents is 1. The minimum atomic E-state index is -0.553. The van der Waals surface area contributed by atoms with Gasteiger partial charge in [0.2, 0.25) is 5.91 Å². The van der Waals surface area contributed by atoms with Gasteiger partial charge in [-0.1, -0.05) is 31.7 Å². The van der Waals surface area contributed by atoms with Gasteiger partial charge in [-0.2, -0.15) is 0 Å². The maximum Gasteiger partial charge on any atom is 0.338 e. The van der Waals surface area contributed by atoms with E-state index in [0.717, 1.165) is 0 Å². The van der Waals surface area contributed by atoms with Crippen molar-refractivity contribution in [3.63, 3.8) is 0 Å². The number of hydrogen-bond donors (Lipinski definition) is 2. The van der Waals surface area contributed by atoms with E-state index in [9.17, 15) is 24.5 Å². The van der Waals surface area contributed by atoms with E-state index in [0.29, 0.717) is 28.8 Å². The molecule has 1 atom stereocenters. The summed E-state index contributed by atoms with van der Waals surface area (Å²) in [5.74, 6) is -0.656. The fourth-order valence-corrected chi connectivity index (χ4v) is 4.49. The zero-order valence-electron chi connectivity index (χ0n) is 22.0. The van der Waals surface area contributed by atoms with Gasteiger partial charge in [0, 0.05) is 29.9 Å². The lowest BCUT2D eigenvalue weighted by molar-refractivity contribution is -0.384. The van der Waals surface area contributed by atoms with Crippen molar-refractivity contribution in [2.24, 2.45) is 5.92 Å². The molecule has 12 nitrogen and oxygen atoms in total. The summed E-state index contributed by atoms with van der Waals surface area (Å²) in [6, 6.07) is 11.4. The molecule has 0 fully saturated rings. The third kappa shape index (κ3) is 7.63. The summed E-state index contributed by atoms with van der Waals surface area (Å²) in [7, 11) is 0. The summed E-state index contributed by atoms with van der Waals surface area (Å²) in [6.07, 6.45) is 0. The molecule has 0 radical (unpaired) electrons. The quantitative estimate of drug-likeness (QED) is 0.144. The van der Waals surface area contributed by atoms with E-state index in [-0.39, 0.29) is 35.4 Å². The fraction of sp³-hybridized carbons (Fsp3) is 0.346. The van der Waals surface area contributed by atoms with Crippen molar-refractivity contribution in [2.45, 2.75) is 45.4 Å². The second kappa shape index (κ2) is 13.5. The molecule has 3 aromatic rings. The Morgan fingerprint density at radius 3 is 2.41 bits per heavy atom. The van der Waals surface area contributed by atoms with Gasteiger partial charge in [0.05, 0.1) is 28.9 Å². The predicted molar refractivity (Wildman–Crippen MR) is 146 cm³/mol. The van der Waals surface area contributed by atoms with Gasteiger partial charge < -0.3 is 19.9 Å². The molecule has 206 valence electrons. The van der Waals surface area contributed by atoms with Gasteiger partial charge in [-0.05, 0) is 50.1 Å². The van der Waals surface area contributed by atoms with Gasteiger partial charge in [0.1, 0.15) is 0 Å². The van der Waals surface area contributed by atoms with E-state index in [4.69, 9.17) is 4.74 Å². The minimum absolute atomic E-state index is 0.0597. The number of aromatic nitrogens is 3. The molecule has 0 aliphatic carbocycles. The van der Waals surface area contributed by atoms with Crippen LogP contribution in [0.2, 0.25) is 0 Å². The van der Waals surface area contributed by atoms with Crippen molar-refractivity contribution in [3.8, 4) is 0 Å². The van der Waals surface area contributed by atoms with Gasteiger partial charge in [0.15, 0.2) is 11.0 Å². The molecule has 2 aromatic carbocycles.